The van der Waals surface area contributed by atoms with E-state index in [9.17, 15) is 0 Å². The molecule has 0 saturated heterocycles. The highest BCUT2D eigenvalue weighted by molar-refractivity contribution is 7.10. The second kappa shape index (κ2) is 3.46. The maximum atomic E-state index is 3.63. The van der Waals surface area contributed by atoms with E-state index in [1.165, 1.54) is 4.88 Å². The molecule has 0 N–H and O–H groups in total. The van der Waals surface area contributed by atoms with Crippen molar-refractivity contribution >= 4 is 11.3 Å². The Morgan fingerprint density at radius 3 is 3.11 bits per heavy atom. The number of rotatable bonds is 3. The van der Waals surface area contributed by atoms with Crippen LogP contribution < -0.4 is 0 Å². The van der Waals surface area contributed by atoms with Gasteiger partial charge in [0.15, 0.2) is 0 Å². The smallest absolute Gasteiger partial charge is 0.00857 e. The highest BCUT2D eigenvalue weighted by Gasteiger charge is 1.88. The summed E-state index contributed by atoms with van der Waals surface area (Å²) in [5.41, 5.74) is 0. The summed E-state index contributed by atoms with van der Waals surface area (Å²) in [7, 11) is 0. The molecule has 1 radical (unpaired) electrons. The summed E-state index contributed by atoms with van der Waals surface area (Å²) in [5.74, 6) is 0. The van der Waals surface area contributed by atoms with E-state index >= 15 is 0 Å². The molecule has 0 fully saturated rings. The van der Waals surface area contributed by atoms with Gasteiger partial charge in [-0.3, -0.25) is 0 Å². The molecule has 0 aliphatic carbocycles. The lowest BCUT2D eigenvalue weighted by Crippen LogP contribution is -1.69. The Labute approximate surface area is 59.8 Å². The summed E-state index contributed by atoms with van der Waals surface area (Å²) >= 11 is 1.76. The molecular weight excluding hydrogens is 128 g/mol. The van der Waals surface area contributed by atoms with Crippen LogP contribution in [0.4, 0.5) is 0 Å². The van der Waals surface area contributed by atoms with E-state index in [0.717, 1.165) is 6.42 Å². The molecule has 0 saturated carbocycles. The van der Waals surface area contributed by atoms with Crippen molar-refractivity contribution in [1.82, 2.24) is 0 Å². The summed E-state index contributed by atoms with van der Waals surface area (Å²) in [6, 6.07) is 4.16. The number of hydrogen-bond acceptors (Lipinski definition) is 1. The first-order valence-corrected chi connectivity index (χ1v) is 3.79. The molecule has 0 aromatic carbocycles. The quantitative estimate of drug-likeness (QED) is 0.562. The number of thiophene rings is 1. The minimum Gasteiger partial charge on any atom is -0.149 e. The zero-order valence-electron chi connectivity index (χ0n) is 5.21. The van der Waals surface area contributed by atoms with Crippen molar-refractivity contribution in [2.24, 2.45) is 0 Å². The average molecular weight is 137 g/mol. The molecule has 0 aliphatic heterocycles. The van der Waals surface area contributed by atoms with Crippen LogP contribution in [0.25, 0.3) is 0 Å². The maximum Gasteiger partial charge on any atom is 0.00857 e. The Morgan fingerprint density at radius 2 is 2.56 bits per heavy atom. The first-order chi connectivity index (χ1) is 4.43. The van der Waals surface area contributed by atoms with Crippen LogP contribution in [0.15, 0.2) is 30.2 Å². The fraction of sp³-hybridized carbons (Fsp3) is 0.125. The Bertz CT molecular complexity index is 163. The molecule has 0 atom stereocenters. The normalized spacial score (nSPS) is 9.33. The molecule has 47 valence electrons. The van der Waals surface area contributed by atoms with E-state index in [0.29, 0.717) is 0 Å². The summed E-state index contributed by atoms with van der Waals surface area (Å²) in [5, 5.41) is 2.08. The number of allylic oxidation sites excluding steroid dienone is 1. The Kier molecular flexibility index (Phi) is 2.52. The van der Waals surface area contributed by atoms with Crippen molar-refractivity contribution in [2.75, 3.05) is 0 Å². The van der Waals surface area contributed by atoms with Gasteiger partial charge in [-0.1, -0.05) is 12.1 Å². The molecule has 0 unspecified atom stereocenters. The fourth-order valence-corrected chi connectivity index (χ4v) is 1.27. The van der Waals surface area contributed by atoms with Crippen molar-refractivity contribution in [1.29, 1.82) is 0 Å². The van der Waals surface area contributed by atoms with Gasteiger partial charge in [-0.15, -0.1) is 17.9 Å². The average Bonchev–Trinajstić information content (AvgIpc) is 2.34. The molecule has 1 heteroatoms. The lowest BCUT2D eigenvalue weighted by Gasteiger charge is -1.86. The van der Waals surface area contributed by atoms with Crippen molar-refractivity contribution in [3.05, 3.63) is 41.5 Å². The third kappa shape index (κ3) is 2.02. The van der Waals surface area contributed by atoms with Gasteiger partial charge in [0.2, 0.25) is 0 Å². The van der Waals surface area contributed by atoms with Crippen molar-refractivity contribution in [3.8, 4) is 0 Å². The van der Waals surface area contributed by atoms with Crippen molar-refractivity contribution in [3.63, 3.8) is 0 Å². The van der Waals surface area contributed by atoms with Gasteiger partial charge >= 0.3 is 0 Å². The van der Waals surface area contributed by atoms with Crippen LogP contribution in [0.2, 0.25) is 0 Å². The van der Waals surface area contributed by atoms with E-state index in [1.54, 1.807) is 11.3 Å². The number of hydrogen-bond donors (Lipinski definition) is 0. The Hall–Kier alpha value is -0.560. The minimum absolute atomic E-state index is 0.973. The van der Waals surface area contributed by atoms with Crippen LogP contribution in [-0.2, 0) is 0 Å². The van der Waals surface area contributed by atoms with Crippen LogP contribution in [0.3, 0.4) is 0 Å². The first kappa shape index (κ1) is 6.56. The van der Waals surface area contributed by atoms with Crippen molar-refractivity contribution in [2.45, 2.75) is 6.42 Å². The molecule has 0 nitrogen and oxygen atoms in total. The summed E-state index contributed by atoms with van der Waals surface area (Å²) in [4.78, 5) is 1.33. The molecule has 0 bridgehead atoms. The first-order valence-electron chi connectivity index (χ1n) is 2.91. The third-order valence-electron chi connectivity index (χ3n) is 1.03. The summed E-state index contributed by atoms with van der Waals surface area (Å²) < 4.78 is 0. The highest BCUT2D eigenvalue weighted by Crippen LogP contribution is 2.12. The van der Waals surface area contributed by atoms with Crippen LogP contribution in [0.5, 0.6) is 0 Å². The maximum absolute atomic E-state index is 3.63. The topological polar surface area (TPSA) is 0 Å². The largest absolute Gasteiger partial charge is 0.149 e. The van der Waals surface area contributed by atoms with Crippen LogP contribution in [0, 0.1) is 6.42 Å². The Balaban J connectivity index is 2.38. The van der Waals surface area contributed by atoms with Crippen molar-refractivity contribution < 1.29 is 0 Å². The van der Waals surface area contributed by atoms with Gasteiger partial charge in [-0.05, 0) is 17.9 Å². The SMILES string of the molecule is C=CC[CH]c1cccs1. The predicted octanol–water partition coefficient (Wildman–Crippen LogP) is 2.88. The summed E-state index contributed by atoms with van der Waals surface area (Å²) in [6.45, 7) is 3.63. The molecule has 1 rings (SSSR count). The molecule has 1 aromatic rings. The van der Waals surface area contributed by atoms with E-state index in [2.05, 4.69) is 30.5 Å². The standard InChI is InChI=1S/C8H9S/c1-2-3-5-8-6-4-7-9-8/h2,4-7H,1,3H2. The van der Waals surface area contributed by atoms with Gasteiger partial charge in [0.25, 0.3) is 0 Å². The zero-order chi connectivity index (χ0) is 6.53. The molecule has 0 amide bonds. The van der Waals surface area contributed by atoms with Gasteiger partial charge in [0, 0.05) is 11.3 Å². The van der Waals surface area contributed by atoms with Crippen LogP contribution in [0.1, 0.15) is 11.3 Å². The van der Waals surface area contributed by atoms with Gasteiger partial charge in [0.1, 0.15) is 0 Å². The second-order valence-corrected chi connectivity index (χ2v) is 2.72. The molecular formula is C8H9S. The lowest BCUT2D eigenvalue weighted by atomic mass is 10.3. The van der Waals surface area contributed by atoms with Gasteiger partial charge in [0.05, 0.1) is 0 Å². The molecule has 1 aromatic heterocycles. The van der Waals surface area contributed by atoms with E-state index in [1.807, 2.05) is 6.08 Å². The van der Waals surface area contributed by atoms with E-state index in [-0.39, 0.29) is 0 Å². The fourth-order valence-electron chi connectivity index (χ4n) is 0.607. The van der Waals surface area contributed by atoms with E-state index < -0.39 is 0 Å². The van der Waals surface area contributed by atoms with Gasteiger partial charge in [-0.25, -0.2) is 0 Å². The molecule has 0 aliphatic rings. The highest BCUT2D eigenvalue weighted by atomic mass is 32.1. The Morgan fingerprint density at radius 1 is 1.67 bits per heavy atom. The third-order valence-corrected chi connectivity index (χ3v) is 1.90. The minimum atomic E-state index is 0.973. The lowest BCUT2D eigenvalue weighted by molar-refractivity contribution is 1.28. The molecule has 1 heterocycles. The van der Waals surface area contributed by atoms with Gasteiger partial charge in [-0.2, -0.15) is 0 Å². The van der Waals surface area contributed by atoms with Crippen LogP contribution >= 0.6 is 11.3 Å². The predicted molar refractivity (Wildman–Crippen MR) is 42.5 cm³/mol. The van der Waals surface area contributed by atoms with E-state index in [4.69, 9.17) is 0 Å². The van der Waals surface area contributed by atoms with Gasteiger partial charge < -0.3 is 0 Å². The summed E-state index contributed by atoms with van der Waals surface area (Å²) in [6.07, 6.45) is 5.04. The molecule has 9 heavy (non-hydrogen) atoms. The zero-order valence-corrected chi connectivity index (χ0v) is 6.03. The van der Waals surface area contributed by atoms with Crippen LogP contribution in [-0.4, -0.2) is 0 Å². The molecule has 0 spiro atoms. The monoisotopic (exact) mass is 137 g/mol. The second-order valence-electron chi connectivity index (χ2n) is 1.74.